The first-order valence-corrected chi connectivity index (χ1v) is 9.67. The maximum absolute atomic E-state index is 12.1. The van der Waals surface area contributed by atoms with Crippen LogP contribution in [0.4, 0.5) is 4.79 Å². The molecule has 0 aliphatic heterocycles. The van der Waals surface area contributed by atoms with E-state index >= 15 is 0 Å². The van der Waals surface area contributed by atoms with Gasteiger partial charge in [0, 0.05) is 5.92 Å². The van der Waals surface area contributed by atoms with Crippen LogP contribution in [0.3, 0.4) is 0 Å². The summed E-state index contributed by atoms with van der Waals surface area (Å²) in [6, 6.07) is 14.9. The van der Waals surface area contributed by atoms with Crippen molar-refractivity contribution >= 4 is 12.1 Å². The standard InChI is InChI=1S/C23H27NO5/c1-14(29-23(2,3)4)20(24)21(25)28-22(26)27-13-19-17-11-7-5-9-15(17)16-10-6-8-12-18(16)19/h5-12,14,19-20H,13,24H2,1-4H3/t14-,20+/m1/s1. The molecular formula is C23H27NO5. The molecule has 6 nitrogen and oxygen atoms in total. The lowest BCUT2D eigenvalue weighted by Crippen LogP contribution is -2.46. The van der Waals surface area contributed by atoms with Gasteiger partial charge in [-0.2, -0.15) is 0 Å². The lowest BCUT2D eigenvalue weighted by atomic mass is 9.98. The minimum atomic E-state index is -1.09. The van der Waals surface area contributed by atoms with Crippen molar-refractivity contribution in [2.45, 2.75) is 51.4 Å². The van der Waals surface area contributed by atoms with E-state index in [4.69, 9.17) is 19.9 Å². The summed E-state index contributed by atoms with van der Waals surface area (Å²) in [5.74, 6) is -0.985. The van der Waals surface area contributed by atoms with Crippen LogP contribution in [0.25, 0.3) is 11.1 Å². The Kier molecular flexibility index (Phi) is 6.05. The fraction of sp³-hybridized carbons (Fsp3) is 0.391. The van der Waals surface area contributed by atoms with Crippen molar-refractivity contribution in [3.63, 3.8) is 0 Å². The van der Waals surface area contributed by atoms with Crippen LogP contribution in [0.15, 0.2) is 48.5 Å². The second kappa shape index (κ2) is 8.35. The third-order valence-electron chi connectivity index (χ3n) is 4.83. The quantitative estimate of drug-likeness (QED) is 0.606. The number of carbonyl (C=O) groups excluding carboxylic acids is 2. The first-order valence-electron chi connectivity index (χ1n) is 9.67. The summed E-state index contributed by atoms with van der Waals surface area (Å²) >= 11 is 0. The Morgan fingerprint density at radius 3 is 2.03 bits per heavy atom. The van der Waals surface area contributed by atoms with Crippen molar-refractivity contribution in [1.82, 2.24) is 0 Å². The van der Waals surface area contributed by atoms with Crippen LogP contribution in [-0.2, 0) is 19.0 Å². The number of ether oxygens (including phenoxy) is 3. The minimum Gasteiger partial charge on any atom is -0.433 e. The molecule has 0 unspecified atom stereocenters. The molecule has 1 aliphatic carbocycles. The number of rotatable bonds is 5. The Bertz CT molecular complexity index is 857. The van der Waals surface area contributed by atoms with Gasteiger partial charge in [0.25, 0.3) is 0 Å². The summed E-state index contributed by atoms with van der Waals surface area (Å²) < 4.78 is 15.7. The van der Waals surface area contributed by atoms with Gasteiger partial charge in [-0.15, -0.1) is 0 Å². The predicted molar refractivity (Wildman–Crippen MR) is 109 cm³/mol. The average molecular weight is 397 g/mol. The molecule has 154 valence electrons. The maximum atomic E-state index is 12.1. The van der Waals surface area contributed by atoms with Crippen molar-refractivity contribution in [2.75, 3.05) is 6.61 Å². The smallest absolute Gasteiger partial charge is 0.433 e. The summed E-state index contributed by atoms with van der Waals surface area (Å²) in [6.45, 7) is 7.30. The fourth-order valence-electron chi connectivity index (χ4n) is 3.59. The molecule has 0 aromatic heterocycles. The number of hydrogen-bond acceptors (Lipinski definition) is 6. The third-order valence-corrected chi connectivity index (χ3v) is 4.83. The van der Waals surface area contributed by atoms with E-state index in [0.29, 0.717) is 0 Å². The summed E-state index contributed by atoms with van der Waals surface area (Å²) in [5, 5.41) is 0. The number of benzene rings is 2. The Balaban J connectivity index is 1.61. The molecule has 0 amide bonds. The van der Waals surface area contributed by atoms with Crippen LogP contribution in [0, 0.1) is 0 Å². The number of nitrogens with two attached hydrogens (primary N) is 1. The van der Waals surface area contributed by atoms with E-state index in [1.54, 1.807) is 6.92 Å². The van der Waals surface area contributed by atoms with Crippen LogP contribution in [-0.4, -0.2) is 36.5 Å². The summed E-state index contributed by atoms with van der Waals surface area (Å²) in [4.78, 5) is 24.2. The van der Waals surface area contributed by atoms with Gasteiger partial charge in [-0.25, -0.2) is 9.59 Å². The SMILES string of the molecule is C[C@@H](OC(C)(C)C)[C@H](N)C(=O)OC(=O)OCC1c2ccccc2-c2ccccc21. The zero-order chi connectivity index (χ0) is 21.2. The molecule has 0 fully saturated rings. The largest absolute Gasteiger partial charge is 0.516 e. The average Bonchev–Trinajstić information content (AvgIpc) is 2.98. The molecule has 2 N–H and O–H groups in total. The zero-order valence-electron chi connectivity index (χ0n) is 17.2. The number of carbonyl (C=O) groups is 2. The highest BCUT2D eigenvalue weighted by Crippen LogP contribution is 2.44. The second-order valence-corrected chi connectivity index (χ2v) is 8.17. The molecule has 2 aromatic rings. The summed E-state index contributed by atoms with van der Waals surface area (Å²) in [6.07, 6.45) is -1.67. The van der Waals surface area contributed by atoms with Crippen LogP contribution in [0.2, 0.25) is 0 Å². The highest BCUT2D eigenvalue weighted by molar-refractivity contribution is 5.86. The molecule has 6 heteroatoms. The van der Waals surface area contributed by atoms with Crippen molar-refractivity contribution in [2.24, 2.45) is 5.73 Å². The van der Waals surface area contributed by atoms with Crippen molar-refractivity contribution in [3.05, 3.63) is 59.7 Å². The summed E-state index contributed by atoms with van der Waals surface area (Å²) in [5.41, 5.74) is 9.79. The Morgan fingerprint density at radius 2 is 1.52 bits per heavy atom. The third kappa shape index (κ3) is 4.83. The molecule has 1 aliphatic rings. The van der Waals surface area contributed by atoms with Crippen LogP contribution < -0.4 is 5.73 Å². The lowest BCUT2D eigenvalue weighted by molar-refractivity contribution is -0.148. The lowest BCUT2D eigenvalue weighted by Gasteiger charge is -2.27. The fourth-order valence-corrected chi connectivity index (χ4v) is 3.59. The number of esters is 1. The topological polar surface area (TPSA) is 87.9 Å². The first-order chi connectivity index (χ1) is 13.7. The van der Waals surface area contributed by atoms with E-state index in [1.807, 2.05) is 69.3 Å². The number of fused-ring (bicyclic) bond motifs is 3. The molecule has 0 spiro atoms. The second-order valence-electron chi connectivity index (χ2n) is 8.17. The van der Waals surface area contributed by atoms with Gasteiger partial charge in [-0.3, -0.25) is 0 Å². The Labute approximate surface area is 171 Å². The highest BCUT2D eigenvalue weighted by atomic mass is 16.7. The molecule has 0 heterocycles. The van der Waals surface area contributed by atoms with Crippen molar-refractivity contribution in [1.29, 1.82) is 0 Å². The van der Waals surface area contributed by atoms with E-state index in [2.05, 4.69) is 0 Å². The summed E-state index contributed by atoms with van der Waals surface area (Å²) in [7, 11) is 0. The first kappa shape index (κ1) is 21.0. The Morgan fingerprint density at radius 1 is 1.00 bits per heavy atom. The van der Waals surface area contributed by atoms with Gasteiger partial charge < -0.3 is 19.9 Å². The van der Waals surface area contributed by atoms with Crippen LogP contribution >= 0.6 is 0 Å². The highest BCUT2D eigenvalue weighted by Gasteiger charge is 2.31. The van der Waals surface area contributed by atoms with E-state index in [-0.39, 0.29) is 12.5 Å². The minimum absolute atomic E-state index is 0.0728. The molecule has 0 saturated heterocycles. The predicted octanol–water partition coefficient (Wildman–Crippen LogP) is 4.01. The van der Waals surface area contributed by atoms with Gasteiger partial charge in [0.1, 0.15) is 12.6 Å². The van der Waals surface area contributed by atoms with Crippen molar-refractivity contribution < 1.29 is 23.8 Å². The van der Waals surface area contributed by atoms with Crippen LogP contribution in [0.1, 0.15) is 44.7 Å². The van der Waals surface area contributed by atoms with Crippen molar-refractivity contribution in [3.8, 4) is 11.1 Å². The van der Waals surface area contributed by atoms with Gasteiger partial charge in [-0.05, 0) is 49.9 Å². The normalized spacial score (nSPS) is 15.2. The maximum Gasteiger partial charge on any atom is 0.516 e. The van der Waals surface area contributed by atoms with Gasteiger partial charge >= 0.3 is 12.1 Å². The van der Waals surface area contributed by atoms with E-state index < -0.39 is 29.9 Å². The van der Waals surface area contributed by atoms with Crippen LogP contribution in [0.5, 0.6) is 0 Å². The molecule has 2 atom stereocenters. The van der Waals surface area contributed by atoms with E-state index in [0.717, 1.165) is 22.3 Å². The monoisotopic (exact) mass is 397 g/mol. The zero-order valence-corrected chi connectivity index (χ0v) is 17.2. The Hall–Kier alpha value is -2.70. The van der Waals surface area contributed by atoms with Gasteiger partial charge in [0.2, 0.25) is 0 Å². The molecule has 0 bridgehead atoms. The van der Waals surface area contributed by atoms with Gasteiger partial charge in [0.15, 0.2) is 0 Å². The molecule has 29 heavy (non-hydrogen) atoms. The molecule has 2 aromatic carbocycles. The molecular weight excluding hydrogens is 370 g/mol. The molecule has 3 rings (SSSR count). The molecule has 0 radical (unpaired) electrons. The van der Waals surface area contributed by atoms with Gasteiger partial charge in [0.05, 0.1) is 11.7 Å². The van der Waals surface area contributed by atoms with E-state index in [1.165, 1.54) is 0 Å². The van der Waals surface area contributed by atoms with E-state index in [9.17, 15) is 9.59 Å². The molecule has 0 saturated carbocycles. The van der Waals surface area contributed by atoms with Gasteiger partial charge in [-0.1, -0.05) is 48.5 Å². The number of hydrogen-bond donors (Lipinski definition) is 1.